The first-order valence-corrected chi connectivity index (χ1v) is 8.90. The number of benzene rings is 1. The summed E-state index contributed by atoms with van der Waals surface area (Å²) >= 11 is 0. The van der Waals surface area contributed by atoms with Crippen LogP contribution in [0.2, 0.25) is 0 Å². The highest BCUT2D eigenvalue weighted by Gasteiger charge is 2.33. The molecule has 0 saturated carbocycles. The molecule has 1 unspecified atom stereocenters. The Hall–Kier alpha value is -2.91. The van der Waals surface area contributed by atoms with Gasteiger partial charge >= 0.3 is 6.18 Å². The number of carbonyl (C=O) groups excluding carboxylic acids is 1. The number of rotatable bonds is 2. The van der Waals surface area contributed by atoms with Crippen molar-refractivity contribution in [3.63, 3.8) is 0 Å². The van der Waals surface area contributed by atoms with Crippen LogP contribution in [0.4, 0.5) is 13.2 Å². The van der Waals surface area contributed by atoms with E-state index in [1.54, 1.807) is 23.4 Å². The number of fused-ring (bicyclic) bond motifs is 1. The number of carbonyl (C=O) groups is 1. The quantitative estimate of drug-likeness (QED) is 0.666. The average Bonchev–Trinajstić information content (AvgIpc) is 3.23. The summed E-state index contributed by atoms with van der Waals surface area (Å²) in [6.45, 7) is 4.39. The largest absolute Gasteiger partial charge is 0.416 e. The van der Waals surface area contributed by atoms with Crippen LogP contribution in [0.15, 0.2) is 22.7 Å². The molecule has 0 radical (unpaired) electrons. The van der Waals surface area contributed by atoms with Gasteiger partial charge in [-0.25, -0.2) is 4.68 Å². The predicted octanol–water partition coefficient (Wildman–Crippen LogP) is 3.53. The first kappa shape index (κ1) is 18.5. The van der Waals surface area contributed by atoms with E-state index in [-0.39, 0.29) is 17.5 Å². The Labute approximate surface area is 158 Å². The van der Waals surface area contributed by atoms with E-state index in [0.717, 1.165) is 25.0 Å². The average molecular weight is 393 g/mol. The van der Waals surface area contributed by atoms with Gasteiger partial charge in [-0.3, -0.25) is 4.79 Å². The van der Waals surface area contributed by atoms with E-state index in [1.807, 2.05) is 0 Å². The maximum Gasteiger partial charge on any atom is 0.416 e. The summed E-state index contributed by atoms with van der Waals surface area (Å²) in [6.07, 6.45) is -2.92. The molecule has 1 atom stereocenters. The zero-order valence-corrected chi connectivity index (χ0v) is 15.3. The minimum absolute atomic E-state index is 0.162. The molecule has 0 aliphatic carbocycles. The number of halogens is 3. The molecule has 10 heteroatoms. The normalized spacial score (nSPS) is 18.0. The topological polar surface area (TPSA) is 77.0 Å². The minimum Gasteiger partial charge on any atom is -0.361 e. The first-order chi connectivity index (χ1) is 13.3. The second-order valence-electron chi connectivity index (χ2n) is 6.98. The molecule has 3 aromatic rings. The maximum absolute atomic E-state index is 12.9. The molecule has 2 aromatic heterocycles. The molecule has 1 aliphatic heterocycles. The predicted molar refractivity (Wildman–Crippen MR) is 92.7 cm³/mol. The van der Waals surface area contributed by atoms with E-state index in [2.05, 4.69) is 15.5 Å². The van der Waals surface area contributed by atoms with Crippen LogP contribution in [-0.4, -0.2) is 44.0 Å². The molecule has 0 bridgehead atoms. The van der Waals surface area contributed by atoms with Crippen molar-refractivity contribution < 1.29 is 22.5 Å². The Morgan fingerprint density at radius 2 is 2.07 bits per heavy atom. The second kappa shape index (κ2) is 6.61. The summed E-state index contributed by atoms with van der Waals surface area (Å²) < 4.78 is 45.4. The number of aromatic nitrogens is 4. The van der Waals surface area contributed by atoms with Crippen molar-refractivity contribution in [2.45, 2.75) is 38.9 Å². The van der Waals surface area contributed by atoms with Crippen molar-refractivity contribution in [1.82, 2.24) is 25.1 Å². The van der Waals surface area contributed by atoms with Gasteiger partial charge in [-0.2, -0.15) is 13.2 Å². The van der Waals surface area contributed by atoms with Crippen LogP contribution >= 0.6 is 0 Å². The Bertz CT molecular complexity index is 1020. The Kier molecular flexibility index (Phi) is 4.35. The maximum atomic E-state index is 12.9. The fourth-order valence-corrected chi connectivity index (χ4v) is 3.67. The van der Waals surface area contributed by atoms with Crippen molar-refractivity contribution in [1.29, 1.82) is 0 Å². The van der Waals surface area contributed by atoms with E-state index in [9.17, 15) is 18.0 Å². The fourth-order valence-electron chi connectivity index (χ4n) is 3.67. The molecule has 28 heavy (non-hydrogen) atoms. The van der Waals surface area contributed by atoms with Crippen LogP contribution in [-0.2, 0) is 6.18 Å². The number of hydrogen-bond donors (Lipinski definition) is 0. The molecule has 1 amide bonds. The molecule has 4 rings (SSSR count). The van der Waals surface area contributed by atoms with Gasteiger partial charge in [-0.1, -0.05) is 10.4 Å². The smallest absolute Gasteiger partial charge is 0.361 e. The number of alkyl halides is 3. The molecule has 1 aliphatic rings. The lowest BCUT2D eigenvalue weighted by Gasteiger charge is -2.32. The lowest BCUT2D eigenvalue weighted by molar-refractivity contribution is -0.137. The number of amides is 1. The van der Waals surface area contributed by atoms with Crippen molar-refractivity contribution in [2.75, 3.05) is 13.1 Å². The van der Waals surface area contributed by atoms with Gasteiger partial charge in [0.15, 0.2) is 0 Å². The summed E-state index contributed by atoms with van der Waals surface area (Å²) in [6, 6.07) is 3.24. The molecule has 7 nitrogen and oxygen atoms in total. The number of aryl methyl sites for hydroxylation is 2. The van der Waals surface area contributed by atoms with Crippen LogP contribution in [0.3, 0.4) is 0 Å². The van der Waals surface area contributed by atoms with Crippen molar-refractivity contribution in [3.05, 3.63) is 40.8 Å². The molecule has 1 saturated heterocycles. The lowest BCUT2D eigenvalue weighted by Crippen LogP contribution is -2.41. The van der Waals surface area contributed by atoms with Crippen LogP contribution in [0, 0.1) is 13.8 Å². The lowest BCUT2D eigenvalue weighted by atomic mass is 10.0. The van der Waals surface area contributed by atoms with Crippen molar-refractivity contribution in [2.24, 2.45) is 0 Å². The fraction of sp³-hybridized carbons (Fsp3) is 0.444. The van der Waals surface area contributed by atoms with E-state index >= 15 is 0 Å². The van der Waals surface area contributed by atoms with Gasteiger partial charge < -0.3 is 9.42 Å². The summed E-state index contributed by atoms with van der Waals surface area (Å²) in [4.78, 5) is 14.6. The standard InChI is InChI=1S/C18H18F3N5O2/c1-10-16(11(2)28-23-10)17(27)25-7-3-4-13(9-25)26-15-6-5-12(18(19,20)21)8-14(15)22-24-26/h5-6,8,13H,3-4,7,9H2,1-2H3. The molecule has 148 valence electrons. The first-order valence-electron chi connectivity index (χ1n) is 8.90. The Morgan fingerprint density at radius 3 is 2.75 bits per heavy atom. The van der Waals surface area contributed by atoms with Gasteiger partial charge in [0.2, 0.25) is 0 Å². The van der Waals surface area contributed by atoms with Crippen LogP contribution in [0.25, 0.3) is 11.0 Å². The third-order valence-corrected chi connectivity index (χ3v) is 5.08. The zero-order chi connectivity index (χ0) is 20.1. The second-order valence-corrected chi connectivity index (χ2v) is 6.98. The summed E-state index contributed by atoms with van der Waals surface area (Å²) in [7, 11) is 0. The number of likely N-dealkylation sites (tertiary alicyclic amines) is 1. The van der Waals surface area contributed by atoms with E-state index in [1.165, 1.54) is 6.07 Å². The number of hydrogen-bond acceptors (Lipinski definition) is 5. The van der Waals surface area contributed by atoms with Gasteiger partial charge in [0.25, 0.3) is 5.91 Å². The monoisotopic (exact) mass is 393 g/mol. The zero-order valence-electron chi connectivity index (χ0n) is 15.3. The molecule has 0 spiro atoms. The third-order valence-electron chi connectivity index (χ3n) is 5.08. The molecule has 3 heterocycles. The van der Waals surface area contributed by atoms with Gasteiger partial charge in [-0.05, 0) is 44.9 Å². The van der Waals surface area contributed by atoms with E-state index in [4.69, 9.17) is 4.52 Å². The third kappa shape index (κ3) is 3.12. The molecule has 1 aromatic carbocycles. The number of piperidine rings is 1. The van der Waals surface area contributed by atoms with Crippen LogP contribution in [0.1, 0.15) is 46.3 Å². The van der Waals surface area contributed by atoms with Gasteiger partial charge in [0.05, 0.1) is 22.8 Å². The Morgan fingerprint density at radius 1 is 1.29 bits per heavy atom. The summed E-state index contributed by atoms with van der Waals surface area (Å²) in [5, 5.41) is 11.8. The SMILES string of the molecule is Cc1noc(C)c1C(=O)N1CCCC(n2nnc3cc(C(F)(F)F)ccc32)C1. The molecular weight excluding hydrogens is 375 g/mol. The van der Waals surface area contributed by atoms with Gasteiger partial charge in [0.1, 0.15) is 16.8 Å². The highest BCUT2D eigenvalue weighted by atomic mass is 19.4. The van der Waals surface area contributed by atoms with Crippen LogP contribution < -0.4 is 0 Å². The molecule has 1 fully saturated rings. The number of nitrogens with zero attached hydrogens (tertiary/aromatic N) is 5. The van der Waals surface area contributed by atoms with E-state index in [0.29, 0.717) is 35.6 Å². The van der Waals surface area contributed by atoms with Crippen LogP contribution in [0.5, 0.6) is 0 Å². The summed E-state index contributed by atoms with van der Waals surface area (Å²) in [5.74, 6) is 0.306. The van der Waals surface area contributed by atoms with Gasteiger partial charge in [-0.15, -0.1) is 5.10 Å². The Balaban J connectivity index is 1.61. The summed E-state index contributed by atoms with van der Waals surface area (Å²) in [5.41, 5.74) is 0.939. The highest BCUT2D eigenvalue weighted by molar-refractivity contribution is 5.96. The van der Waals surface area contributed by atoms with E-state index < -0.39 is 11.7 Å². The highest BCUT2D eigenvalue weighted by Crippen LogP contribution is 2.32. The minimum atomic E-state index is -4.43. The van der Waals surface area contributed by atoms with Crippen molar-refractivity contribution >= 4 is 16.9 Å². The molecular formula is C18H18F3N5O2. The molecule has 0 N–H and O–H groups in total. The van der Waals surface area contributed by atoms with Gasteiger partial charge in [0, 0.05) is 13.1 Å². The van der Waals surface area contributed by atoms with Crippen molar-refractivity contribution in [3.8, 4) is 0 Å².